The van der Waals surface area contributed by atoms with E-state index in [1.54, 1.807) is 12.1 Å². The fourth-order valence-electron chi connectivity index (χ4n) is 2.03. The van der Waals surface area contributed by atoms with Gasteiger partial charge >= 0.3 is 12.0 Å². The van der Waals surface area contributed by atoms with E-state index in [4.69, 9.17) is 9.52 Å². The predicted molar refractivity (Wildman–Crippen MR) is 62.1 cm³/mol. The summed E-state index contributed by atoms with van der Waals surface area (Å²) in [5, 5.41) is 8.91. The number of rotatable bonds is 2. The van der Waals surface area contributed by atoms with Gasteiger partial charge in [0.1, 0.15) is 5.52 Å². The SMILES string of the molecule is O=C(O)C1CC(=O)N(c2nc3ccccc3o2)C1. The van der Waals surface area contributed by atoms with Gasteiger partial charge in [0.15, 0.2) is 5.58 Å². The number of aromatic nitrogens is 1. The number of para-hydroxylation sites is 2. The number of amides is 1. The van der Waals surface area contributed by atoms with Crippen LogP contribution in [-0.4, -0.2) is 28.5 Å². The lowest BCUT2D eigenvalue weighted by molar-refractivity contribution is -0.141. The maximum Gasteiger partial charge on any atom is 0.308 e. The largest absolute Gasteiger partial charge is 0.481 e. The van der Waals surface area contributed by atoms with Gasteiger partial charge in [-0.2, -0.15) is 4.98 Å². The first-order valence-electron chi connectivity index (χ1n) is 5.54. The molecule has 1 saturated heterocycles. The summed E-state index contributed by atoms with van der Waals surface area (Å²) in [6.07, 6.45) is -0.00589. The second kappa shape index (κ2) is 3.83. The fraction of sp³-hybridized carbons (Fsp3) is 0.250. The van der Waals surface area contributed by atoms with Crippen LogP contribution in [0.1, 0.15) is 6.42 Å². The standard InChI is InChI=1S/C12H10N2O4/c15-10-5-7(11(16)17)6-14(10)12-13-8-3-1-2-4-9(8)18-12/h1-4,7H,5-6H2,(H,16,17). The molecule has 2 heterocycles. The van der Waals surface area contributed by atoms with Crippen molar-refractivity contribution in [1.29, 1.82) is 0 Å². The lowest BCUT2D eigenvalue weighted by Crippen LogP contribution is -2.25. The van der Waals surface area contributed by atoms with E-state index in [-0.39, 0.29) is 24.9 Å². The van der Waals surface area contributed by atoms with Crippen molar-refractivity contribution in [1.82, 2.24) is 4.98 Å². The van der Waals surface area contributed by atoms with Crippen LogP contribution in [-0.2, 0) is 9.59 Å². The van der Waals surface area contributed by atoms with Crippen molar-refractivity contribution in [2.24, 2.45) is 5.92 Å². The lowest BCUT2D eigenvalue weighted by Gasteiger charge is -2.09. The van der Waals surface area contributed by atoms with Gasteiger partial charge in [-0.1, -0.05) is 12.1 Å². The summed E-state index contributed by atoms with van der Waals surface area (Å²) in [6.45, 7) is 0.112. The van der Waals surface area contributed by atoms with E-state index >= 15 is 0 Å². The van der Waals surface area contributed by atoms with Crippen molar-refractivity contribution in [2.75, 3.05) is 11.4 Å². The Kier molecular flexibility index (Phi) is 2.29. The molecular weight excluding hydrogens is 236 g/mol. The summed E-state index contributed by atoms with van der Waals surface area (Å²) in [5.74, 6) is -1.93. The number of nitrogens with zero attached hydrogens (tertiary/aromatic N) is 2. The number of oxazole rings is 1. The van der Waals surface area contributed by atoms with Crippen LogP contribution in [0.3, 0.4) is 0 Å². The first kappa shape index (κ1) is 10.8. The van der Waals surface area contributed by atoms with Crippen LogP contribution in [0.25, 0.3) is 11.1 Å². The zero-order valence-corrected chi connectivity index (χ0v) is 9.37. The topological polar surface area (TPSA) is 83.6 Å². The number of benzene rings is 1. The monoisotopic (exact) mass is 246 g/mol. The third-order valence-electron chi connectivity index (χ3n) is 2.99. The Hall–Kier alpha value is -2.37. The number of carboxylic acid groups (broad SMARTS) is 1. The quantitative estimate of drug-likeness (QED) is 0.862. The van der Waals surface area contributed by atoms with Crippen molar-refractivity contribution >= 4 is 29.0 Å². The number of hydrogen-bond donors (Lipinski definition) is 1. The number of carbonyl (C=O) groups excluding carboxylic acids is 1. The fourth-order valence-corrected chi connectivity index (χ4v) is 2.03. The molecule has 1 atom stereocenters. The van der Waals surface area contributed by atoms with Gasteiger partial charge in [-0.05, 0) is 12.1 Å². The zero-order chi connectivity index (χ0) is 12.7. The molecule has 3 rings (SSSR count). The molecule has 1 aliphatic heterocycles. The summed E-state index contributed by atoms with van der Waals surface area (Å²) in [6, 6.07) is 7.33. The van der Waals surface area contributed by atoms with Crippen LogP contribution in [0.4, 0.5) is 6.01 Å². The Labute approximate surface area is 102 Å². The number of anilines is 1. The van der Waals surface area contributed by atoms with Gasteiger partial charge in [0.2, 0.25) is 5.91 Å². The highest BCUT2D eigenvalue weighted by Crippen LogP contribution is 2.27. The smallest absolute Gasteiger partial charge is 0.308 e. The average molecular weight is 246 g/mol. The molecule has 1 aromatic carbocycles. The van der Waals surface area contributed by atoms with Crippen LogP contribution in [0.15, 0.2) is 28.7 Å². The minimum Gasteiger partial charge on any atom is -0.481 e. The summed E-state index contributed by atoms with van der Waals surface area (Å²) in [4.78, 5) is 28.1. The number of hydrogen-bond acceptors (Lipinski definition) is 4. The van der Waals surface area contributed by atoms with Crippen molar-refractivity contribution in [3.63, 3.8) is 0 Å². The van der Waals surface area contributed by atoms with Gasteiger partial charge in [-0.25, -0.2) is 0 Å². The third kappa shape index (κ3) is 1.62. The molecule has 1 aromatic heterocycles. The first-order chi connectivity index (χ1) is 8.65. The summed E-state index contributed by atoms with van der Waals surface area (Å²) in [5.41, 5.74) is 1.23. The highest BCUT2D eigenvalue weighted by Gasteiger charge is 2.37. The number of fused-ring (bicyclic) bond motifs is 1. The van der Waals surface area contributed by atoms with Crippen molar-refractivity contribution < 1.29 is 19.1 Å². The molecule has 92 valence electrons. The van der Waals surface area contributed by atoms with Crippen LogP contribution < -0.4 is 4.90 Å². The Balaban J connectivity index is 1.95. The molecule has 0 bridgehead atoms. The minimum absolute atomic E-state index is 0.00589. The minimum atomic E-state index is -0.970. The Morgan fingerprint density at radius 1 is 1.44 bits per heavy atom. The van der Waals surface area contributed by atoms with Crippen LogP contribution in [0.2, 0.25) is 0 Å². The predicted octanol–water partition coefficient (Wildman–Crippen LogP) is 1.27. The van der Waals surface area contributed by atoms with Crippen LogP contribution in [0.5, 0.6) is 0 Å². The highest BCUT2D eigenvalue weighted by atomic mass is 16.4. The molecule has 1 N–H and O–H groups in total. The number of carboxylic acids is 1. The van der Waals surface area contributed by atoms with Crippen LogP contribution >= 0.6 is 0 Å². The van der Waals surface area contributed by atoms with Gasteiger partial charge in [-0.15, -0.1) is 0 Å². The molecule has 1 aliphatic rings. The second-order valence-corrected chi connectivity index (χ2v) is 4.21. The van der Waals surface area contributed by atoms with Gasteiger partial charge in [0.05, 0.1) is 5.92 Å². The second-order valence-electron chi connectivity index (χ2n) is 4.21. The van der Waals surface area contributed by atoms with E-state index in [9.17, 15) is 9.59 Å². The van der Waals surface area contributed by atoms with Crippen LogP contribution in [0, 0.1) is 5.92 Å². The third-order valence-corrected chi connectivity index (χ3v) is 2.99. The van der Waals surface area contributed by atoms with E-state index in [2.05, 4.69) is 4.98 Å². The Morgan fingerprint density at radius 3 is 2.89 bits per heavy atom. The Morgan fingerprint density at radius 2 is 2.22 bits per heavy atom. The summed E-state index contributed by atoms with van der Waals surface area (Å²) in [7, 11) is 0. The van der Waals surface area contributed by atoms with Crippen molar-refractivity contribution in [2.45, 2.75) is 6.42 Å². The number of carbonyl (C=O) groups is 2. The van der Waals surface area contributed by atoms with Crippen molar-refractivity contribution in [3.8, 4) is 0 Å². The molecule has 6 nitrogen and oxygen atoms in total. The molecule has 1 unspecified atom stereocenters. The normalized spacial score (nSPS) is 19.7. The van der Waals surface area contributed by atoms with Gasteiger partial charge < -0.3 is 9.52 Å². The molecule has 0 aliphatic carbocycles. The first-order valence-corrected chi connectivity index (χ1v) is 5.54. The van der Waals surface area contributed by atoms with E-state index in [0.29, 0.717) is 11.1 Å². The van der Waals surface area contributed by atoms with Gasteiger partial charge in [-0.3, -0.25) is 14.5 Å². The van der Waals surface area contributed by atoms with E-state index in [1.807, 2.05) is 12.1 Å². The molecule has 6 heteroatoms. The van der Waals surface area contributed by atoms with Gasteiger partial charge in [0, 0.05) is 13.0 Å². The molecule has 0 spiro atoms. The molecular formula is C12H10N2O4. The van der Waals surface area contributed by atoms with E-state index in [1.165, 1.54) is 4.90 Å². The van der Waals surface area contributed by atoms with Crippen molar-refractivity contribution in [3.05, 3.63) is 24.3 Å². The van der Waals surface area contributed by atoms with E-state index in [0.717, 1.165) is 0 Å². The van der Waals surface area contributed by atoms with E-state index < -0.39 is 11.9 Å². The molecule has 0 radical (unpaired) electrons. The maximum absolute atomic E-state index is 11.7. The maximum atomic E-state index is 11.7. The Bertz CT molecular complexity index is 601. The summed E-state index contributed by atoms with van der Waals surface area (Å²) < 4.78 is 5.45. The molecule has 18 heavy (non-hydrogen) atoms. The highest BCUT2D eigenvalue weighted by molar-refractivity contribution is 5.98. The average Bonchev–Trinajstić information content (AvgIpc) is 2.91. The zero-order valence-electron chi connectivity index (χ0n) is 9.37. The number of aliphatic carboxylic acids is 1. The lowest BCUT2D eigenvalue weighted by atomic mass is 10.1. The van der Waals surface area contributed by atoms with Gasteiger partial charge in [0.25, 0.3) is 0 Å². The molecule has 1 amide bonds. The molecule has 2 aromatic rings. The summed E-state index contributed by atoms with van der Waals surface area (Å²) >= 11 is 0. The molecule has 0 saturated carbocycles. The molecule has 1 fully saturated rings.